The molecular weight excluding hydrogens is 264 g/mol. The van der Waals surface area contributed by atoms with Crippen molar-refractivity contribution in [3.8, 4) is 0 Å². The van der Waals surface area contributed by atoms with Crippen molar-refractivity contribution in [3.63, 3.8) is 0 Å². The minimum absolute atomic E-state index is 0.0955. The van der Waals surface area contributed by atoms with E-state index in [4.69, 9.17) is 0 Å². The molecular formula is C16H20N4O. The van der Waals surface area contributed by atoms with Crippen LogP contribution in [0.4, 0.5) is 0 Å². The van der Waals surface area contributed by atoms with E-state index < -0.39 is 0 Å². The number of carbonyl (C=O) groups is 1. The number of benzene rings is 1. The molecule has 21 heavy (non-hydrogen) atoms. The van der Waals surface area contributed by atoms with Gasteiger partial charge in [0.15, 0.2) is 0 Å². The maximum atomic E-state index is 12.8. The van der Waals surface area contributed by atoms with Gasteiger partial charge < -0.3 is 10.2 Å². The number of nitrogens with one attached hydrogen (secondary N) is 1. The highest BCUT2D eigenvalue weighted by atomic mass is 16.2. The first-order chi connectivity index (χ1) is 10.3. The molecule has 1 unspecified atom stereocenters. The van der Waals surface area contributed by atoms with Crippen LogP contribution >= 0.6 is 0 Å². The van der Waals surface area contributed by atoms with Crippen molar-refractivity contribution < 1.29 is 4.79 Å². The summed E-state index contributed by atoms with van der Waals surface area (Å²) < 4.78 is 0. The van der Waals surface area contributed by atoms with Gasteiger partial charge in [-0.05, 0) is 37.6 Å². The van der Waals surface area contributed by atoms with Crippen molar-refractivity contribution in [3.05, 3.63) is 36.2 Å². The highest BCUT2D eigenvalue weighted by Gasteiger charge is 2.26. The molecule has 0 saturated carbocycles. The summed E-state index contributed by atoms with van der Waals surface area (Å²) in [7, 11) is 0. The average molecular weight is 284 g/mol. The van der Waals surface area contributed by atoms with E-state index in [0.717, 1.165) is 43.5 Å². The molecule has 0 radical (unpaired) electrons. The lowest BCUT2D eigenvalue weighted by Crippen LogP contribution is -2.42. The van der Waals surface area contributed by atoms with Crippen molar-refractivity contribution in [1.29, 1.82) is 0 Å². The van der Waals surface area contributed by atoms with Crippen LogP contribution in [0.3, 0.4) is 0 Å². The molecule has 2 heterocycles. The van der Waals surface area contributed by atoms with Gasteiger partial charge in [0, 0.05) is 37.1 Å². The van der Waals surface area contributed by atoms with E-state index in [1.165, 1.54) is 0 Å². The Morgan fingerprint density at radius 1 is 1.33 bits per heavy atom. The summed E-state index contributed by atoms with van der Waals surface area (Å²) in [5.74, 6) is 0.0955. The monoisotopic (exact) mass is 284 g/mol. The van der Waals surface area contributed by atoms with Crippen LogP contribution in [0.1, 0.15) is 30.1 Å². The molecule has 1 aromatic carbocycles. The largest absolute Gasteiger partial charge is 0.334 e. The normalized spacial score (nSPS) is 18.0. The molecule has 1 aliphatic heterocycles. The predicted molar refractivity (Wildman–Crippen MR) is 82.1 cm³/mol. The fourth-order valence-electron chi connectivity index (χ4n) is 2.86. The van der Waals surface area contributed by atoms with Crippen LogP contribution in [-0.4, -0.2) is 46.5 Å². The molecule has 110 valence electrons. The Balaban J connectivity index is 1.89. The zero-order valence-corrected chi connectivity index (χ0v) is 12.2. The molecule has 0 aliphatic carbocycles. The van der Waals surface area contributed by atoms with E-state index in [2.05, 4.69) is 22.2 Å². The van der Waals surface area contributed by atoms with E-state index in [1.807, 2.05) is 23.1 Å². The Morgan fingerprint density at radius 3 is 2.86 bits per heavy atom. The first kappa shape index (κ1) is 13.9. The molecule has 0 bridgehead atoms. The number of hydrogen-bond donors (Lipinski definition) is 1. The van der Waals surface area contributed by atoms with E-state index in [0.29, 0.717) is 11.6 Å². The smallest absolute Gasteiger partial charge is 0.254 e. The van der Waals surface area contributed by atoms with Gasteiger partial charge in [-0.25, -0.2) is 0 Å². The maximum Gasteiger partial charge on any atom is 0.254 e. The molecule has 1 saturated heterocycles. The van der Waals surface area contributed by atoms with Crippen molar-refractivity contribution in [1.82, 2.24) is 20.2 Å². The zero-order chi connectivity index (χ0) is 14.7. The van der Waals surface area contributed by atoms with Crippen LogP contribution < -0.4 is 5.32 Å². The molecule has 1 aromatic heterocycles. The first-order valence-electron chi connectivity index (χ1n) is 7.52. The SMILES string of the molecule is CCCN(C(=O)c1ccc2nccnc2c1)C1CCNC1. The molecule has 1 fully saturated rings. The molecule has 5 heteroatoms. The molecule has 1 N–H and O–H groups in total. The number of fused-ring (bicyclic) bond motifs is 1. The minimum Gasteiger partial charge on any atom is -0.334 e. The number of aromatic nitrogens is 2. The zero-order valence-electron chi connectivity index (χ0n) is 12.2. The Bertz CT molecular complexity index is 637. The Hall–Kier alpha value is -2.01. The van der Waals surface area contributed by atoms with Crippen LogP contribution in [0, 0.1) is 0 Å². The molecule has 1 amide bonds. The van der Waals surface area contributed by atoms with Gasteiger partial charge in [0.05, 0.1) is 11.0 Å². The molecule has 1 atom stereocenters. The summed E-state index contributed by atoms with van der Waals surface area (Å²) in [5, 5.41) is 3.33. The first-order valence-corrected chi connectivity index (χ1v) is 7.52. The molecule has 0 spiro atoms. The van der Waals surface area contributed by atoms with Gasteiger partial charge in [0.1, 0.15) is 0 Å². The number of rotatable bonds is 4. The standard InChI is InChI=1S/C16H20N4O/c1-2-9-20(13-5-6-17-11-13)16(21)12-3-4-14-15(10-12)19-8-7-18-14/h3-4,7-8,10,13,17H,2,5-6,9,11H2,1H3. The summed E-state index contributed by atoms with van der Waals surface area (Å²) in [5.41, 5.74) is 2.28. The van der Waals surface area contributed by atoms with Gasteiger partial charge in [-0.1, -0.05) is 6.92 Å². The van der Waals surface area contributed by atoms with Crippen LogP contribution in [0.2, 0.25) is 0 Å². The fraction of sp³-hybridized carbons (Fsp3) is 0.438. The second-order valence-corrected chi connectivity index (χ2v) is 5.41. The summed E-state index contributed by atoms with van der Waals surface area (Å²) in [6.45, 7) is 4.78. The lowest BCUT2D eigenvalue weighted by atomic mass is 10.1. The summed E-state index contributed by atoms with van der Waals surface area (Å²) in [6, 6.07) is 5.86. The van der Waals surface area contributed by atoms with Gasteiger partial charge in [0.2, 0.25) is 0 Å². The highest BCUT2D eigenvalue weighted by molar-refractivity contribution is 5.97. The van der Waals surface area contributed by atoms with E-state index in [1.54, 1.807) is 12.4 Å². The second kappa shape index (κ2) is 6.18. The lowest BCUT2D eigenvalue weighted by Gasteiger charge is -2.28. The second-order valence-electron chi connectivity index (χ2n) is 5.41. The molecule has 2 aromatic rings. The van der Waals surface area contributed by atoms with Gasteiger partial charge in [-0.2, -0.15) is 0 Å². The summed E-state index contributed by atoms with van der Waals surface area (Å²) >= 11 is 0. The van der Waals surface area contributed by atoms with Crippen molar-refractivity contribution >= 4 is 16.9 Å². The van der Waals surface area contributed by atoms with E-state index in [-0.39, 0.29) is 5.91 Å². The van der Waals surface area contributed by atoms with Crippen LogP contribution in [0.25, 0.3) is 11.0 Å². The third-order valence-electron chi connectivity index (χ3n) is 3.92. The van der Waals surface area contributed by atoms with E-state index in [9.17, 15) is 4.79 Å². The molecule has 3 rings (SSSR count). The number of nitrogens with zero attached hydrogens (tertiary/aromatic N) is 3. The van der Waals surface area contributed by atoms with Gasteiger partial charge in [-0.3, -0.25) is 14.8 Å². The van der Waals surface area contributed by atoms with Crippen LogP contribution in [-0.2, 0) is 0 Å². The van der Waals surface area contributed by atoms with Gasteiger partial charge in [0.25, 0.3) is 5.91 Å². The predicted octanol–water partition coefficient (Wildman–Crippen LogP) is 1.84. The van der Waals surface area contributed by atoms with Crippen LogP contribution in [0.15, 0.2) is 30.6 Å². The fourth-order valence-corrected chi connectivity index (χ4v) is 2.86. The Kier molecular flexibility index (Phi) is 4.10. The summed E-state index contributed by atoms with van der Waals surface area (Å²) in [6.07, 6.45) is 5.31. The number of hydrogen-bond acceptors (Lipinski definition) is 4. The molecule has 5 nitrogen and oxygen atoms in total. The van der Waals surface area contributed by atoms with Gasteiger partial charge in [-0.15, -0.1) is 0 Å². The molecule has 1 aliphatic rings. The van der Waals surface area contributed by atoms with Crippen molar-refractivity contribution in [2.75, 3.05) is 19.6 Å². The van der Waals surface area contributed by atoms with Crippen molar-refractivity contribution in [2.45, 2.75) is 25.8 Å². The number of amides is 1. The minimum atomic E-state index is 0.0955. The van der Waals surface area contributed by atoms with Gasteiger partial charge >= 0.3 is 0 Å². The highest BCUT2D eigenvalue weighted by Crippen LogP contribution is 2.17. The quantitative estimate of drug-likeness (QED) is 0.931. The Morgan fingerprint density at radius 2 is 2.14 bits per heavy atom. The summed E-state index contributed by atoms with van der Waals surface area (Å²) in [4.78, 5) is 23.3. The third-order valence-corrected chi connectivity index (χ3v) is 3.92. The maximum absolute atomic E-state index is 12.8. The third kappa shape index (κ3) is 2.88. The van der Waals surface area contributed by atoms with Crippen LogP contribution in [0.5, 0.6) is 0 Å². The number of carbonyl (C=O) groups excluding carboxylic acids is 1. The topological polar surface area (TPSA) is 58.1 Å². The average Bonchev–Trinajstić information content (AvgIpc) is 3.05. The Labute approximate surface area is 124 Å². The lowest BCUT2D eigenvalue weighted by molar-refractivity contribution is 0.0692. The van der Waals surface area contributed by atoms with Crippen molar-refractivity contribution in [2.24, 2.45) is 0 Å². The van der Waals surface area contributed by atoms with E-state index >= 15 is 0 Å².